The molecule has 1 aromatic heterocycles. The highest BCUT2D eigenvalue weighted by Crippen LogP contribution is 2.37. The molecule has 5 nitrogen and oxygen atoms in total. The highest BCUT2D eigenvalue weighted by atomic mass is 32.1. The number of carbonyl (C=O) groups is 1. The fraction of sp³-hybridized carbons (Fsp3) is 0.765. The first kappa shape index (κ1) is 19.4. The number of ether oxygens (including phenoxy) is 1. The summed E-state index contributed by atoms with van der Waals surface area (Å²) in [5, 5.41) is 2.63. The van der Waals surface area contributed by atoms with Gasteiger partial charge < -0.3 is 14.0 Å². The molecule has 134 valence electrons. The van der Waals surface area contributed by atoms with Crippen molar-refractivity contribution in [2.24, 2.45) is 5.41 Å². The molecule has 0 spiro atoms. The molecule has 2 heterocycles. The molecular formula is C17H28BNO4S. The minimum atomic E-state index is -0.795. The molecule has 0 unspecified atom stereocenters. The number of thiazole rings is 1. The maximum Gasteiger partial charge on any atom is 0.515 e. The van der Waals surface area contributed by atoms with Crippen LogP contribution in [0.4, 0.5) is 0 Å². The molecule has 0 aromatic carbocycles. The average Bonchev–Trinajstić information content (AvgIpc) is 2.92. The van der Waals surface area contributed by atoms with E-state index in [4.69, 9.17) is 14.0 Å². The molecule has 1 saturated heterocycles. The first-order valence-electron chi connectivity index (χ1n) is 8.21. The zero-order chi connectivity index (χ0) is 18.6. The monoisotopic (exact) mass is 353 g/mol. The van der Waals surface area contributed by atoms with Gasteiger partial charge in [-0.1, -0.05) is 0 Å². The molecule has 0 saturated carbocycles. The van der Waals surface area contributed by atoms with E-state index in [1.54, 1.807) is 0 Å². The smallest absolute Gasteiger partial charge is 0.452 e. The van der Waals surface area contributed by atoms with Crippen LogP contribution in [0.15, 0.2) is 5.38 Å². The Morgan fingerprint density at radius 3 is 2.08 bits per heavy atom. The molecule has 0 aliphatic carbocycles. The Morgan fingerprint density at radius 1 is 1.12 bits per heavy atom. The highest BCUT2D eigenvalue weighted by Gasteiger charge is 2.52. The van der Waals surface area contributed by atoms with Gasteiger partial charge in [-0.15, -0.1) is 11.3 Å². The second-order valence-corrected chi connectivity index (χ2v) is 9.67. The number of rotatable bonds is 3. The summed E-state index contributed by atoms with van der Waals surface area (Å²) in [4.78, 5) is 16.8. The molecular weight excluding hydrogens is 325 g/mol. The fourth-order valence-corrected chi connectivity index (χ4v) is 2.94. The Labute approximate surface area is 149 Å². The van der Waals surface area contributed by atoms with Crippen LogP contribution in [0.3, 0.4) is 0 Å². The Morgan fingerprint density at radius 2 is 1.62 bits per heavy atom. The molecule has 1 aliphatic heterocycles. The first-order chi connectivity index (χ1) is 10.7. The van der Waals surface area contributed by atoms with E-state index < -0.39 is 29.3 Å². The molecule has 1 aromatic rings. The van der Waals surface area contributed by atoms with Crippen molar-refractivity contribution in [3.05, 3.63) is 10.4 Å². The van der Waals surface area contributed by atoms with Crippen molar-refractivity contribution in [1.82, 2.24) is 4.98 Å². The van der Waals surface area contributed by atoms with E-state index >= 15 is 0 Å². The third kappa shape index (κ3) is 3.68. The summed E-state index contributed by atoms with van der Waals surface area (Å²) in [7, 11) is -0.505. The number of aromatic nitrogens is 1. The number of esters is 1. The first-order valence-corrected chi connectivity index (χ1v) is 9.09. The van der Waals surface area contributed by atoms with Gasteiger partial charge in [-0.2, -0.15) is 0 Å². The SMILES string of the molecule is CC(C)(C)C(=O)OC(C)(C)c1nc(B2OC(C)(C)C(C)(C)O2)cs1. The van der Waals surface area contributed by atoms with Gasteiger partial charge in [-0.05, 0) is 62.3 Å². The Hall–Kier alpha value is -0.915. The van der Waals surface area contributed by atoms with E-state index in [1.165, 1.54) is 11.3 Å². The molecule has 2 rings (SSSR count). The van der Waals surface area contributed by atoms with Crippen molar-refractivity contribution in [2.45, 2.75) is 79.1 Å². The summed E-state index contributed by atoms with van der Waals surface area (Å²) in [5.41, 5.74) is -1.45. The average molecular weight is 353 g/mol. The predicted octanol–water partition coefficient (Wildman–Crippen LogP) is 3.27. The standard InChI is InChI=1S/C17H28BNO4S/c1-14(2,3)13(20)21-15(4,5)12-19-11(10-24-12)18-22-16(6,7)17(8,9)23-18/h10H,1-9H3. The van der Waals surface area contributed by atoms with E-state index in [9.17, 15) is 4.79 Å². The predicted molar refractivity (Wildman–Crippen MR) is 96.4 cm³/mol. The number of carbonyl (C=O) groups excluding carboxylic acids is 1. The Bertz CT molecular complexity index is 615. The highest BCUT2D eigenvalue weighted by molar-refractivity contribution is 7.10. The summed E-state index contributed by atoms with van der Waals surface area (Å²) < 4.78 is 17.7. The van der Waals surface area contributed by atoms with Crippen LogP contribution in [0.1, 0.15) is 67.3 Å². The third-order valence-corrected chi connectivity index (χ3v) is 5.66. The lowest BCUT2D eigenvalue weighted by molar-refractivity contribution is -0.167. The largest absolute Gasteiger partial charge is 0.515 e. The van der Waals surface area contributed by atoms with E-state index in [1.807, 2.05) is 67.7 Å². The van der Waals surface area contributed by atoms with Crippen LogP contribution in [0, 0.1) is 5.41 Å². The second kappa shape index (κ2) is 5.82. The van der Waals surface area contributed by atoms with Gasteiger partial charge in [-0.3, -0.25) is 4.79 Å². The van der Waals surface area contributed by atoms with Gasteiger partial charge in [0.25, 0.3) is 0 Å². The minimum Gasteiger partial charge on any atom is -0.452 e. The van der Waals surface area contributed by atoms with Gasteiger partial charge in [0.2, 0.25) is 0 Å². The lowest BCUT2D eigenvalue weighted by Crippen LogP contribution is -2.41. The number of hydrogen-bond donors (Lipinski definition) is 0. The second-order valence-electron chi connectivity index (χ2n) is 8.82. The maximum absolute atomic E-state index is 12.2. The summed E-state index contributed by atoms with van der Waals surface area (Å²) in [5.74, 6) is -0.250. The fourth-order valence-electron chi connectivity index (χ4n) is 2.06. The molecule has 0 atom stereocenters. The van der Waals surface area contributed by atoms with Crippen molar-refractivity contribution in [2.75, 3.05) is 0 Å². The maximum atomic E-state index is 12.2. The van der Waals surface area contributed by atoms with Crippen LogP contribution >= 0.6 is 11.3 Å². The van der Waals surface area contributed by atoms with Crippen LogP contribution in [0.5, 0.6) is 0 Å². The van der Waals surface area contributed by atoms with Crippen LogP contribution < -0.4 is 5.59 Å². The topological polar surface area (TPSA) is 57.7 Å². The number of hydrogen-bond acceptors (Lipinski definition) is 6. The van der Waals surface area contributed by atoms with Crippen molar-refractivity contribution in [3.63, 3.8) is 0 Å². The third-order valence-electron chi connectivity index (χ3n) is 4.49. The summed E-state index contributed by atoms with van der Waals surface area (Å²) >= 11 is 1.45. The van der Waals surface area contributed by atoms with Crippen molar-refractivity contribution >= 4 is 30.0 Å². The molecule has 24 heavy (non-hydrogen) atoms. The van der Waals surface area contributed by atoms with Crippen LogP contribution in [0.25, 0.3) is 0 Å². The van der Waals surface area contributed by atoms with Gasteiger partial charge in [-0.25, -0.2) is 4.98 Å². The van der Waals surface area contributed by atoms with Crippen LogP contribution in [-0.2, 0) is 24.4 Å². The van der Waals surface area contributed by atoms with E-state index in [-0.39, 0.29) is 5.97 Å². The minimum absolute atomic E-state index is 0.250. The van der Waals surface area contributed by atoms with Gasteiger partial charge in [0.1, 0.15) is 5.01 Å². The van der Waals surface area contributed by atoms with Crippen LogP contribution in [-0.4, -0.2) is 29.3 Å². The summed E-state index contributed by atoms with van der Waals surface area (Å²) in [6.45, 7) is 17.2. The molecule has 1 aliphatic rings. The zero-order valence-corrected chi connectivity index (χ0v) is 17.0. The lowest BCUT2D eigenvalue weighted by atomic mass is 9.86. The van der Waals surface area contributed by atoms with E-state index in [0.29, 0.717) is 5.59 Å². The zero-order valence-electron chi connectivity index (χ0n) is 16.1. The number of nitrogens with zero attached hydrogens (tertiary/aromatic N) is 1. The normalized spacial score (nSPS) is 20.3. The summed E-state index contributed by atoms with van der Waals surface area (Å²) in [6, 6.07) is 0. The van der Waals surface area contributed by atoms with Crippen molar-refractivity contribution < 1.29 is 18.8 Å². The van der Waals surface area contributed by atoms with Gasteiger partial charge in [0, 0.05) is 5.38 Å². The van der Waals surface area contributed by atoms with Crippen molar-refractivity contribution in [3.8, 4) is 0 Å². The molecule has 7 heteroatoms. The molecule has 0 radical (unpaired) electrons. The molecule has 0 bridgehead atoms. The van der Waals surface area contributed by atoms with Gasteiger partial charge in [0.05, 0.1) is 22.2 Å². The molecule has 0 N–H and O–H groups in total. The Balaban J connectivity index is 2.18. The summed E-state index contributed by atoms with van der Waals surface area (Å²) in [6.07, 6.45) is 0. The molecule has 1 fully saturated rings. The van der Waals surface area contributed by atoms with Crippen LogP contribution in [0.2, 0.25) is 0 Å². The van der Waals surface area contributed by atoms with E-state index in [0.717, 1.165) is 5.01 Å². The Kier molecular flexibility index (Phi) is 4.70. The van der Waals surface area contributed by atoms with Crippen molar-refractivity contribution in [1.29, 1.82) is 0 Å². The van der Waals surface area contributed by atoms with Gasteiger partial charge in [0.15, 0.2) is 5.60 Å². The molecule has 0 amide bonds. The lowest BCUT2D eigenvalue weighted by Gasteiger charge is -2.32. The van der Waals surface area contributed by atoms with E-state index in [2.05, 4.69) is 4.98 Å². The van der Waals surface area contributed by atoms with Gasteiger partial charge >= 0.3 is 13.1 Å². The quantitative estimate of drug-likeness (QED) is 0.617.